The molecule has 2 aromatic rings. The largest absolute Gasteiger partial charge is 0.491 e. The normalized spacial score (nSPS) is 10.4. The molecule has 0 saturated heterocycles. The van der Waals surface area contributed by atoms with Crippen LogP contribution in [0.25, 0.3) is 0 Å². The summed E-state index contributed by atoms with van der Waals surface area (Å²) in [7, 11) is 0. The molecule has 0 unspecified atom stereocenters. The highest BCUT2D eigenvalue weighted by atomic mass is 79.9. The van der Waals surface area contributed by atoms with Crippen LogP contribution in [0.3, 0.4) is 0 Å². The fourth-order valence-corrected chi connectivity index (χ4v) is 3.03. The number of furan rings is 1. The van der Waals surface area contributed by atoms with E-state index in [9.17, 15) is 9.59 Å². The van der Waals surface area contributed by atoms with Gasteiger partial charge in [0.25, 0.3) is 5.91 Å². The van der Waals surface area contributed by atoms with Crippen LogP contribution in [0.2, 0.25) is 5.02 Å². The number of ether oxygens (including phenoxy) is 1. The van der Waals surface area contributed by atoms with Gasteiger partial charge in [-0.1, -0.05) is 11.6 Å². The maximum atomic E-state index is 12.1. The second kappa shape index (κ2) is 9.48. The first-order valence-corrected chi connectivity index (χ1v) is 8.91. The summed E-state index contributed by atoms with van der Waals surface area (Å²) >= 11 is 9.39. The molecule has 0 saturated carbocycles. The summed E-state index contributed by atoms with van der Waals surface area (Å²) < 4.78 is 11.2. The van der Waals surface area contributed by atoms with Crippen LogP contribution in [-0.2, 0) is 4.79 Å². The first-order valence-electron chi connectivity index (χ1n) is 7.74. The summed E-state index contributed by atoms with van der Waals surface area (Å²) in [6.45, 7) is 2.68. The van der Waals surface area contributed by atoms with Crippen LogP contribution in [0.5, 0.6) is 5.75 Å². The molecule has 0 fully saturated rings. The highest BCUT2D eigenvalue weighted by molar-refractivity contribution is 9.10. The van der Waals surface area contributed by atoms with Gasteiger partial charge in [0.15, 0.2) is 11.5 Å². The molecular weight excluding hydrogens is 412 g/mol. The van der Waals surface area contributed by atoms with Crippen molar-refractivity contribution in [3.8, 4) is 5.75 Å². The second-order valence-corrected chi connectivity index (χ2v) is 6.37. The SMILES string of the molecule is CCOc1c(Br)cc(Cl)cc1NC(=O)CCCNC(=O)c1ccco1. The highest BCUT2D eigenvalue weighted by Crippen LogP contribution is 2.36. The number of carbonyl (C=O) groups excluding carboxylic acids is 2. The monoisotopic (exact) mass is 428 g/mol. The molecule has 2 rings (SSSR count). The molecule has 0 aliphatic heterocycles. The van der Waals surface area contributed by atoms with Gasteiger partial charge in [-0.05, 0) is 53.5 Å². The van der Waals surface area contributed by atoms with Crippen molar-refractivity contribution in [2.24, 2.45) is 0 Å². The highest BCUT2D eigenvalue weighted by Gasteiger charge is 2.13. The van der Waals surface area contributed by atoms with Crippen molar-refractivity contribution in [2.45, 2.75) is 19.8 Å². The number of rotatable bonds is 8. The standard InChI is InChI=1S/C17H18BrClN2O4/c1-2-24-16-12(18)9-11(19)10-13(16)21-15(22)6-3-7-20-17(23)14-5-4-8-25-14/h4-5,8-10H,2-3,6-7H2,1H3,(H,20,23)(H,21,22). The predicted molar refractivity (Wildman–Crippen MR) is 99.2 cm³/mol. The Labute approximate surface area is 159 Å². The molecule has 25 heavy (non-hydrogen) atoms. The van der Waals surface area contributed by atoms with Crippen LogP contribution in [-0.4, -0.2) is 25.0 Å². The third kappa shape index (κ3) is 5.79. The molecule has 134 valence electrons. The van der Waals surface area contributed by atoms with Crippen LogP contribution in [0.1, 0.15) is 30.3 Å². The minimum Gasteiger partial charge on any atom is -0.491 e. The van der Waals surface area contributed by atoms with Crippen molar-refractivity contribution in [1.82, 2.24) is 5.32 Å². The van der Waals surface area contributed by atoms with Crippen LogP contribution >= 0.6 is 27.5 Å². The summed E-state index contributed by atoms with van der Waals surface area (Å²) in [6.07, 6.45) is 2.17. The Balaban J connectivity index is 1.83. The Morgan fingerprint density at radius 2 is 2.16 bits per heavy atom. The van der Waals surface area contributed by atoms with Gasteiger partial charge in [0, 0.05) is 18.0 Å². The van der Waals surface area contributed by atoms with Crippen LogP contribution in [0.15, 0.2) is 39.4 Å². The average Bonchev–Trinajstić information content (AvgIpc) is 3.09. The van der Waals surface area contributed by atoms with E-state index in [-0.39, 0.29) is 24.0 Å². The summed E-state index contributed by atoms with van der Waals surface area (Å²) in [6, 6.07) is 6.55. The molecule has 0 bridgehead atoms. The summed E-state index contributed by atoms with van der Waals surface area (Å²) in [5, 5.41) is 5.95. The molecule has 6 nitrogen and oxygen atoms in total. The van der Waals surface area contributed by atoms with Gasteiger partial charge in [0.05, 0.1) is 23.0 Å². The van der Waals surface area contributed by atoms with E-state index in [2.05, 4.69) is 26.6 Å². The predicted octanol–water partition coefficient (Wildman–Crippen LogP) is 4.24. The van der Waals surface area contributed by atoms with E-state index in [0.29, 0.717) is 40.5 Å². The van der Waals surface area contributed by atoms with Gasteiger partial charge in [0.1, 0.15) is 0 Å². The molecule has 0 atom stereocenters. The van der Waals surface area contributed by atoms with Crippen LogP contribution < -0.4 is 15.4 Å². The van der Waals surface area contributed by atoms with Crippen LogP contribution in [0.4, 0.5) is 5.69 Å². The molecule has 2 amide bonds. The van der Waals surface area contributed by atoms with E-state index in [0.717, 1.165) is 0 Å². The number of hydrogen-bond donors (Lipinski definition) is 2. The van der Waals surface area contributed by atoms with Crippen molar-refractivity contribution in [3.05, 3.63) is 45.8 Å². The van der Waals surface area contributed by atoms with Gasteiger partial charge in [-0.3, -0.25) is 9.59 Å². The van der Waals surface area contributed by atoms with Gasteiger partial charge >= 0.3 is 0 Å². The van der Waals surface area contributed by atoms with Crippen molar-refractivity contribution in [3.63, 3.8) is 0 Å². The molecule has 1 aromatic carbocycles. The van der Waals surface area contributed by atoms with Crippen molar-refractivity contribution < 1.29 is 18.7 Å². The number of halogens is 2. The maximum Gasteiger partial charge on any atom is 0.286 e. The Kier molecular flexibility index (Phi) is 7.33. The number of nitrogens with one attached hydrogen (secondary N) is 2. The van der Waals surface area contributed by atoms with Gasteiger partial charge < -0.3 is 19.8 Å². The molecule has 0 radical (unpaired) electrons. The van der Waals surface area contributed by atoms with E-state index < -0.39 is 0 Å². The first-order chi connectivity index (χ1) is 12.0. The zero-order valence-electron chi connectivity index (χ0n) is 13.6. The molecule has 0 spiro atoms. The molecule has 1 heterocycles. The Hall–Kier alpha value is -1.99. The van der Waals surface area contributed by atoms with E-state index in [1.54, 1.807) is 24.3 Å². The Morgan fingerprint density at radius 1 is 1.36 bits per heavy atom. The smallest absolute Gasteiger partial charge is 0.286 e. The topological polar surface area (TPSA) is 80.6 Å². The van der Waals surface area contributed by atoms with Gasteiger partial charge in [-0.25, -0.2) is 0 Å². The number of carbonyl (C=O) groups is 2. The molecule has 0 aliphatic rings. The Morgan fingerprint density at radius 3 is 2.84 bits per heavy atom. The fourth-order valence-electron chi connectivity index (χ4n) is 2.10. The number of hydrogen-bond acceptors (Lipinski definition) is 4. The van der Waals surface area contributed by atoms with Gasteiger partial charge in [0.2, 0.25) is 5.91 Å². The van der Waals surface area contributed by atoms with Gasteiger partial charge in [-0.2, -0.15) is 0 Å². The third-order valence-electron chi connectivity index (χ3n) is 3.18. The first kappa shape index (κ1) is 19.3. The van der Waals surface area contributed by atoms with E-state index in [1.807, 2.05) is 6.92 Å². The summed E-state index contributed by atoms with van der Waals surface area (Å²) in [5.74, 6) is 0.283. The van der Waals surface area contributed by atoms with Crippen molar-refractivity contribution in [2.75, 3.05) is 18.5 Å². The molecule has 8 heteroatoms. The second-order valence-electron chi connectivity index (χ2n) is 5.08. The van der Waals surface area contributed by atoms with Crippen LogP contribution in [0, 0.1) is 0 Å². The van der Waals surface area contributed by atoms with Crippen molar-refractivity contribution in [1.29, 1.82) is 0 Å². The zero-order valence-corrected chi connectivity index (χ0v) is 15.9. The summed E-state index contributed by atoms with van der Waals surface area (Å²) in [5.41, 5.74) is 0.505. The Bertz CT molecular complexity index is 734. The number of amides is 2. The minimum absolute atomic E-state index is 0.192. The lowest BCUT2D eigenvalue weighted by Crippen LogP contribution is -2.25. The van der Waals surface area contributed by atoms with E-state index in [1.165, 1.54) is 6.26 Å². The lowest BCUT2D eigenvalue weighted by atomic mass is 10.2. The molecule has 0 aliphatic carbocycles. The van der Waals surface area contributed by atoms with Gasteiger partial charge in [-0.15, -0.1) is 0 Å². The number of anilines is 1. The number of benzene rings is 1. The fraction of sp³-hybridized carbons (Fsp3) is 0.294. The summed E-state index contributed by atoms with van der Waals surface area (Å²) in [4.78, 5) is 23.8. The zero-order chi connectivity index (χ0) is 18.2. The quantitative estimate of drug-likeness (QED) is 0.615. The van der Waals surface area contributed by atoms with Crippen molar-refractivity contribution >= 4 is 45.0 Å². The molecular formula is C17H18BrClN2O4. The average molecular weight is 430 g/mol. The molecule has 2 N–H and O–H groups in total. The maximum absolute atomic E-state index is 12.1. The third-order valence-corrected chi connectivity index (χ3v) is 3.99. The van der Waals surface area contributed by atoms with E-state index >= 15 is 0 Å². The lowest BCUT2D eigenvalue weighted by molar-refractivity contribution is -0.116. The minimum atomic E-state index is -0.303. The lowest BCUT2D eigenvalue weighted by Gasteiger charge is -2.14. The molecule has 1 aromatic heterocycles. The van der Waals surface area contributed by atoms with E-state index in [4.69, 9.17) is 20.8 Å².